The molecule has 7 nitrogen and oxygen atoms in total. The first-order chi connectivity index (χ1) is 9.83. The molecular weight excluding hydrogens is 260 g/mol. The highest BCUT2D eigenvalue weighted by Crippen LogP contribution is 1.92. The number of nitrogens with two attached hydrogens (primary N) is 1. The quantitative estimate of drug-likeness (QED) is 0.339. The Morgan fingerprint density at radius 3 is 2.70 bits per heavy atom. The maximum atomic E-state index is 5.67. The fourth-order valence-corrected chi connectivity index (χ4v) is 1.37. The van der Waals surface area contributed by atoms with E-state index in [1.807, 2.05) is 0 Å². The minimum absolute atomic E-state index is 0.343. The first-order valence-corrected chi connectivity index (χ1v) is 6.60. The molecule has 1 aromatic rings. The van der Waals surface area contributed by atoms with Crippen LogP contribution in [0.1, 0.15) is 19.0 Å². The van der Waals surface area contributed by atoms with E-state index >= 15 is 0 Å². The Balaban J connectivity index is 1.81. The zero-order valence-corrected chi connectivity index (χ0v) is 11.8. The Morgan fingerprint density at radius 2 is 2.00 bits per heavy atom. The highest BCUT2D eigenvalue weighted by molar-refractivity contribution is 4.95. The molecule has 1 atom stereocenters. The first-order valence-electron chi connectivity index (χ1n) is 6.60. The number of nitrogens with zero attached hydrogens (tertiary/aromatic N) is 2. The van der Waals surface area contributed by atoms with Crippen LogP contribution in [-0.2, 0) is 20.6 Å². The van der Waals surface area contributed by atoms with Crippen LogP contribution in [0, 0.1) is 11.8 Å². The lowest BCUT2D eigenvalue weighted by Crippen LogP contribution is -2.25. The van der Waals surface area contributed by atoms with Crippen molar-refractivity contribution in [2.45, 2.75) is 26.0 Å². The number of ether oxygens (including phenoxy) is 3. The lowest BCUT2D eigenvalue weighted by atomic mass is 10.3. The van der Waals surface area contributed by atoms with Crippen molar-refractivity contribution in [1.82, 2.24) is 15.4 Å². The Labute approximate surface area is 119 Å². The number of H-pyrrole nitrogens is 1. The molecule has 0 amide bonds. The van der Waals surface area contributed by atoms with E-state index in [2.05, 4.69) is 27.3 Å². The van der Waals surface area contributed by atoms with E-state index < -0.39 is 0 Å². The molecule has 0 aliphatic heterocycles. The molecule has 1 heterocycles. The van der Waals surface area contributed by atoms with Crippen LogP contribution in [0.2, 0.25) is 0 Å². The number of aromatic amines is 1. The molecule has 0 radical (unpaired) electrons. The lowest BCUT2D eigenvalue weighted by molar-refractivity contribution is -0.00771. The number of rotatable bonds is 11. The fraction of sp³-hybridized carbons (Fsp3) is 0.692. The second-order valence-electron chi connectivity index (χ2n) is 3.98. The van der Waals surface area contributed by atoms with Gasteiger partial charge in [0.05, 0.1) is 38.7 Å². The third kappa shape index (κ3) is 8.61. The van der Waals surface area contributed by atoms with Crippen molar-refractivity contribution in [3.63, 3.8) is 0 Å². The third-order valence-corrected chi connectivity index (χ3v) is 2.38. The fourth-order valence-electron chi connectivity index (χ4n) is 1.37. The molecule has 0 spiro atoms. The van der Waals surface area contributed by atoms with E-state index in [1.165, 1.54) is 0 Å². The SMILES string of the molecule is CC#CCC(N)OCCOCCOCCc1c[nH]nn1. The third-order valence-electron chi connectivity index (χ3n) is 2.38. The van der Waals surface area contributed by atoms with Crippen molar-refractivity contribution >= 4 is 0 Å². The van der Waals surface area contributed by atoms with Crippen LogP contribution in [-0.4, -0.2) is 54.7 Å². The Hall–Kier alpha value is -1.46. The van der Waals surface area contributed by atoms with Crippen LogP contribution < -0.4 is 5.73 Å². The van der Waals surface area contributed by atoms with Gasteiger partial charge in [-0.05, 0) is 6.92 Å². The zero-order valence-electron chi connectivity index (χ0n) is 11.8. The molecule has 0 aromatic carbocycles. The van der Waals surface area contributed by atoms with E-state index in [0.29, 0.717) is 39.5 Å². The van der Waals surface area contributed by atoms with Gasteiger partial charge in [0.2, 0.25) is 0 Å². The summed E-state index contributed by atoms with van der Waals surface area (Å²) < 4.78 is 16.1. The molecule has 0 saturated carbocycles. The normalized spacial score (nSPS) is 11.9. The predicted molar refractivity (Wildman–Crippen MR) is 73.7 cm³/mol. The summed E-state index contributed by atoms with van der Waals surface area (Å²) in [5.74, 6) is 5.63. The van der Waals surface area contributed by atoms with Gasteiger partial charge in [0.15, 0.2) is 0 Å². The average molecular weight is 282 g/mol. The van der Waals surface area contributed by atoms with Gasteiger partial charge in [-0.25, -0.2) is 0 Å². The van der Waals surface area contributed by atoms with Gasteiger partial charge >= 0.3 is 0 Å². The van der Waals surface area contributed by atoms with Gasteiger partial charge in [0.1, 0.15) is 6.23 Å². The van der Waals surface area contributed by atoms with Gasteiger partial charge in [0, 0.05) is 19.0 Å². The van der Waals surface area contributed by atoms with Crippen molar-refractivity contribution < 1.29 is 14.2 Å². The summed E-state index contributed by atoms with van der Waals surface area (Å²) >= 11 is 0. The molecule has 0 bridgehead atoms. The smallest absolute Gasteiger partial charge is 0.116 e. The molecule has 3 N–H and O–H groups in total. The largest absolute Gasteiger partial charge is 0.379 e. The van der Waals surface area contributed by atoms with E-state index in [1.54, 1.807) is 13.1 Å². The van der Waals surface area contributed by atoms with Gasteiger partial charge in [-0.2, -0.15) is 0 Å². The molecule has 112 valence electrons. The van der Waals surface area contributed by atoms with Crippen LogP contribution >= 0.6 is 0 Å². The van der Waals surface area contributed by atoms with Crippen molar-refractivity contribution in [2.75, 3.05) is 33.0 Å². The minimum atomic E-state index is -0.343. The number of nitrogens with one attached hydrogen (secondary N) is 1. The standard InChI is InChI=1S/C13H22N4O3/c1-2-3-4-13(14)20-10-9-19-8-7-18-6-5-12-11-15-17-16-12/h11,13H,4-10,14H2,1H3,(H,15,16,17). The molecule has 1 unspecified atom stereocenters. The number of hydrogen-bond donors (Lipinski definition) is 2. The zero-order chi connectivity index (χ0) is 14.5. The van der Waals surface area contributed by atoms with E-state index in [0.717, 1.165) is 12.1 Å². The van der Waals surface area contributed by atoms with Crippen molar-refractivity contribution in [3.8, 4) is 11.8 Å². The number of aromatic nitrogens is 3. The van der Waals surface area contributed by atoms with E-state index in [9.17, 15) is 0 Å². The van der Waals surface area contributed by atoms with Crippen LogP contribution in [0.5, 0.6) is 0 Å². The van der Waals surface area contributed by atoms with Gasteiger partial charge in [-0.3, -0.25) is 5.10 Å². The summed E-state index contributed by atoms with van der Waals surface area (Å²) in [6, 6.07) is 0. The molecule has 0 fully saturated rings. The van der Waals surface area contributed by atoms with Crippen molar-refractivity contribution in [1.29, 1.82) is 0 Å². The summed E-state index contributed by atoms with van der Waals surface area (Å²) in [6.45, 7) is 4.42. The molecule has 0 aliphatic carbocycles. The van der Waals surface area contributed by atoms with Crippen LogP contribution in [0.4, 0.5) is 0 Å². The molecule has 1 aromatic heterocycles. The second kappa shape index (κ2) is 11.4. The second-order valence-corrected chi connectivity index (χ2v) is 3.98. The predicted octanol–water partition coefficient (Wildman–Crippen LogP) is 0.0952. The van der Waals surface area contributed by atoms with Crippen molar-refractivity contribution in [2.24, 2.45) is 5.73 Å². The summed E-state index contributed by atoms with van der Waals surface area (Å²) in [6.07, 6.45) is 2.70. The minimum Gasteiger partial charge on any atom is -0.379 e. The highest BCUT2D eigenvalue weighted by atomic mass is 16.5. The summed E-state index contributed by atoms with van der Waals surface area (Å²) in [4.78, 5) is 0. The molecule has 1 rings (SSSR count). The molecule has 0 saturated heterocycles. The van der Waals surface area contributed by atoms with E-state index in [-0.39, 0.29) is 6.23 Å². The Kier molecular flexibility index (Phi) is 9.44. The van der Waals surface area contributed by atoms with E-state index in [4.69, 9.17) is 19.9 Å². The van der Waals surface area contributed by atoms with Crippen LogP contribution in [0.15, 0.2) is 6.20 Å². The van der Waals surface area contributed by atoms with Gasteiger partial charge in [-0.15, -0.1) is 11.0 Å². The molecule has 0 aliphatic rings. The summed E-state index contributed by atoms with van der Waals surface area (Å²) in [7, 11) is 0. The lowest BCUT2D eigenvalue weighted by Gasteiger charge is -2.10. The Morgan fingerprint density at radius 1 is 1.25 bits per heavy atom. The maximum Gasteiger partial charge on any atom is 0.116 e. The van der Waals surface area contributed by atoms with Crippen LogP contribution in [0.25, 0.3) is 0 Å². The topological polar surface area (TPSA) is 95.3 Å². The molecule has 7 heteroatoms. The average Bonchev–Trinajstić information content (AvgIpc) is 2.96. The first kappa shape index (κ1) is 16.6. The molecular formula is C13H22N4O3. The Bertz CT molecular complexity index is 386. The summed E-state index contributed by atoms with van der Waals surface area (Å²) in [5, 5.41) is 10.1. The molecule has 20 heavy (non-hydrogen) atoms. The maximum absolute atomic E-state index is 5.67. The van der Waals surface area contributed by atoms with Gasteiger partial charge in [0.25, 0.3) is 0 Å². The van der Waals surface area contributed by atoms with Crippen molar-refractivity contribution in [3.05, 3.63) is 11.9 Å². The van der Waals surface area contributed by atoms with Gasteiger partial charge < -0.3 is 19.9 Å². The summed E-state index contributed by atoms with van der Waals surface area (Å²) in [5.41, 5.74) is 6.56. The highest BCUT2D eigenvalue weighted by Gasteiger charge is 1.99. The van der Waals surface area contributed by atoms with Gasteiger partial charge in [-0.1, -0.05) is 11.1 Å². The number of hydrogen-bond acceptors (Lipinski definition) is 6. The monoisotopic (exact) mass is 282 g/mol. The van der Waals surface area contributed by atoms with Crippen LogP contribution in [0.3, 0.4) is 0 Å².